The maximum absolute atomic E-state index is 10.7. The molecule has 2 heterocycles. The van der Waals surface area contributed by atoms with Gasteiger partial charge in [0.1, 0.15) is 5.82 Å². The zero-order chi connectivity index (χ0) is 16.1. The summed E-state index contributed by atoms with van der Waals surface area (Å²) < 4.78 is 0. The highest BCUT2D eigenvalue weighted by Gasteiger charge is 2.17. The van der Waals surface area contributed by atoms with Gasteiger partial charge < -0.3 is 4.90 Å². The molecule has 6 nitrogen and oxygen atoms in total. The number of hydrogen-bond acceptors (Lipinski definition) is 5. The second-order valence-corrected chi connectivity index (χ2v) is 5.69. The van der Waals surface area contributed by atoms with E-state index in [1.807, 2.05) is 36.5 Å². The van der Waals surface area contributed by atoms with E-state index in [-0.39, 0.29) is 10.6 Å². The lowest BCUT2D eigenvalue weighted by Gasteiger charge is -2.35. The number of hydrogen-bond donors (Lipinski definition) is 0. The van der Waals surface area contributed by atoms with E-state index in [2.05, 4.69) is 14.8 Å². The zero-order valence-corrected chi connectivity index (χ0v) is 13.0. The van der Waals surface area contributed by atoms with E-state index in [9.17, 15) is 10.1 Å². The Hall–Kier alpha value is -2.47. The van der Waals surface area contributed by atoms with Crippen molar-refractivity contribution < 1.29 is 4.92 Å². The highest BCUT2D eigenvalue weighted by Crippen LogP contribution is 2.15. The quantitative estimate of drug-likeness (QED) is 0.626. The molecule has 0 bridgehead atoms. The van der Waals surface area contributed by atoms with Gasteiger partial charge in [-0.25, -0.2) is 4.98 Å². The molecule has 0 amide bonds. The summed E-state index contributed by atoms with van der Waals surface area (Å²) in [5, 5.41) is 10.7. The molecule has 1 aliphatic rings. The fourth-order valence-corrected chi connectivity index (χ4v) is 2.81. The maximum Gasteiger partial charge on any atom is 0.269 e. The summed E-state index contributed by atoms with van der Waals surface area (Å²) in [6.45, 7) is 4.98. The van der Waals surface area contributed by atoms with Gasteiger partial charge in [-0.2, -0.15) is 0 Å². The topological polar surface area (TPSA) is 62.5 Å². The minimum Gasteiger partial charge on any atom is -0.354 e. The third kappa shape index (κ3) is 4.04. The van der Waals surface area contributed by atoms with Crippen molar-refractivity contribution in [2.75, 3.05) is 37.6 Å². The smallest absolute Gasteiger partial charge is 0.269 e. The normalized spacial score (nSPS) is 15.6. The molecule has 0 atom stereocenters. The molecule has 0 saturated carbocycles. The Kier molecular flexibility index (Phi) is 4.83. The van der Waals surface area contributed by atoms with Gasteiger partial charge >= 0.3 is 0 Å². The zero-order valence-electron chi connectivity index (χ0n) is 13.0. The Morgan fingerprint density at radius 1 is 1.04 bits per heavy atom. The van der Waals surface area contributed by atoms with Crippen LogP contribution in [0.4, 0.5) is 11.5 Å². The number of non-ortho nitro benzene ring substituents is 1. The van der Waals surface area contributed by atoms with Crippen LogP contribution >= 0.6 is 0 Å². The van der Waals surface area contributed by atoms with Crippen LogP contribution in [0.1, 0.15) is 5.56 Å². The van der Waals surface area contributed by atoms with Gasteiger partial charge in [-0.3, -0.25) is 15.0 Å². The summed E-state index contributed by atoms with van der Waals surface area (Å²) >= 11 is 0. The van der Waals surface area contributed by atoms with Crippen molar-refractivity contribution in [3.8, 4) is 0 Å². The van der Waals surface area contributed by atoms with Crippen LogP contribution in [0.3, 0.4) is 0 Å². The van der Waals surface area contributed by atoms with Gasteiger partial charge in [0.2, 0.25) is 0 Å². The molecule has 2 aromatic rings. The second-order valence-electron chi connectivity index (χ2n) is 5.69. The summed E-state index contributed by atoms with van der Waals surface area (Å²) in [5.41, 5.74) is 1.29. The molecule has 23 heavy (non-hydrogen) atoms. The Morgan fingerprint density at radius 2 is 1.78 bits per heavy atom. The van der Waals surface area contributed by atoms with Crippen LogP contribution < -0.4 is 4.90 Å². The van der Waals surface area contributed by atoms with Crippen LogP contribution in [0, 0.1) is 10.1 Å². The Morgan fingerprint density at radius 3 is 2.39 bits per heavy atom. The van der Waals surface area contributed by atoms with E-state index >= 15 is 0 Å². The molecule has 0 spiro atoms. The summed E-state index contributed by atoms with van der Waals surface area (Å²) in [6, 6.07) is 12.9. The standard InChI is InChI=1S/C17H20N4O2/c22-21(23)16-6-4-15(5-7-16)8-10-19-11-13-20(14-12-19)17-3-1-2-9-18-17/h1-7,9H,8,10-14H2. The van der Waals surface area contributed by atoms with E-state index in [0.717, 1.165) is 50.5 Å². The van der Waals surface area contributed by atoms with Crippen LogP contribution in [-0.4, -0.2) is 47.5 Å². The third-order valence-electron chi connectivity index (χ3n) is 4.21. The maximum atomic E-state index is 10.7. The van der Waals surface area contributed by atoms with Crippen LogP contribution in [0.5, 0.6) is 0 Å². The first-order valence-corrected chi connectivity index (χ1v) is 7.84. The monoisotopic (exact) mass is 312 g/mol. The molecule has 0 N–H and O–H groups in total. The van der Waals surface area contributed by atoms with E-state index in [4.69, 9.17) is 0 Å². The minimum absolute atomic E-state index is 0.151. The number of nitrogens with zero attached hydrogens (tertiary/aromatic N) is 4. The average Bonchev–Trinajstić information content (AvgIpc) is 2.61. The van der Waals surface area contributed by atoms with E-state index < -0.39 is 0 Å². The first-order chi connectivity index (χ1) is 11.2. The van der Waals surface area contributed by atoms with E-state index in [0.29, 0.717) is 0 Å². The van der Waals surface area contributed by atoms with Crippen molar-refractivity contribution in [1.29, 1.82) is 0 Å². The van der Waals surface area contributed by atoms with Crippen LogP contribution in [0.25, 0.3) is 0 Å². The summed E-state index contributed by atoms with van der Waals surface area (Å²) in [4.78, 5) is 19.4. The van der Waals surface area contributed by atoms with Crippen molar-refractivity contribution in [3.63, 3.8) is 0 Å². The lowest BCUT2D eigenvalue weighted by molar-refractivity contribution is -0.384. The number of pyridine rings is 1. The molecule has 3 rings (SSSR count). The summed E-state index contributed by atoms with van der Waals surface area (Å²) in [7, 11) is 0. The summed E-state index contributed by atoms with van der Waals surface area (Å²) in [6.07, 6.45) is 2.75. The molecule has 1 aliphatic heterocycles. The van der Waals surface area contributed by atoms with Crippen molar-refractivity contribution in [1.82, 2.24) is 9.88 Å². The van der Waals surface area contributed by atoms with Crippen LogP contribution in [0.15, 0.2) is 48.7 Å². The number of nitro groups is 1. The van der Waals surface area contributed by atoms with Crippen molar-refractivity contribution in [3.05, 3.63) is 64.3 Å². The molecule has 1 saturated heterocycles. The van der Waals surface area contributed by atoms with Gasteiger partial charge in [-0.1, -0.05) is 18.2 Å². The molecule has 1 fully saturated rings. The number of piperazine rings is 1. The first-order valence-electron chi connectivity index (χ1n) is 7.84. The van der Waals surface area contributed by atoms with Crippen molar-refractivity contribution >= 4 is 11.5 Å². The predicted octanol–water partition coefficient (Wildman–Crippen LogP) is 2.35. The fourth-order valence-electron chi connectivity index (χ4n) is 2.81. The molecule has 0 aliphatic carbocycles. The van der Waals surface area contributed by atoms with Gasteiger partial charge in [0.25, 0.3) is 5.69 Å². The van der Waals surface area contributed by atoms with Crippen LogP contribution in [0.2, 0.25) is 0 Å². The van der Waals surface area contributed by atoms with Crippen molar-refractivity contribution in [2.45, 2.75) is 6.42 Å². The number of aromatic nitrogens is 1. The molecule has 1 aromatic heterocycles. The SMILES string of the molecule is O=[N+]([O-])c1ccc(CCN2CCN(c3ccccn3)CC2)cc1. The molecule has 0 radical (unpaired) electrons. The Labute approximate surface area is 135 Å². The first kappa shape index (κ1) is 15.4. The molecule has 0 unspecified atom stereocenters. The number of benzene rings is 1. The molecule has 120 valence electrons. The Bertz CT molecular complexity index is 637. The molecular weight excluding hydrogens is 292 g/mol. The number of nitro benzene ring substituents is 1. The highest BCUT2D eigenvalue weighted by molar-refractivity contribution is 5.38. The third-order valence-corrected chi connectivity index (χ3v) is 4.21. The number of rotatable bonds is 5. The Balaban J connectivity index is 1.46. The largest absolute Gasteiger partial charge is 0.354 e. The lowest BCUT2D eigenvalue weighted by Crippen LogP contribution is -2.47. The van der Waals surface area contributed by atoms with E-state index in [1.165, 1.54) is 0 Å². The summed E-state index contributed by atoms with van der Waals surface area (Å²) in [5.74, 6) is 1.04. The molecule has 1 aromatic carbocycles. The van der Waals surface area contributed by atoms with Gasteiger partial charge in [0, 0.05) is 51.1 Å². The molecular formula is C17H20N4O2. The minimum atomic E-state index is -0.360. The van der Waals surface area contributed by atoms with Crippen LogP contribution in [-0.2, 0) is 6.42 Å². The van der Waals surface area contributed by atoms with Gasteiger partial charge in [0.05, 0.1) is 4.92 Å². The molecule has 6 heteroatoms. The second kappa shape index (κ2) is 7.19. The van der Waals surface area contributed by atoms with Gasteiger partial charge in [-0.05, 0) is 24.1 Å². The predicted molar refractivity (Wildman–Crippen MR) is 89.7 cm³/mol. The number of anilines is 1. The van der Waals surface area contributed by atoms with Gasteiger partial charge in [-0.15, -0.1) is 0 Å². The van der Waals surface area contributed by atoms with E-state index in [1.54, 1.807) is 12.1 Å². The van der Waals surface area contributed by atoms with Crippen molar-refractivity contribution in [2.24, 2.45) is 0 Å². The average molecular weight is 312 g/mol. The lowest BCUT2D eigenvalue weighted by atomic mass is 10.1. The van der Waals surface area contributed by atoms with Gasteiger partial charge in [0.15, 0.2) is 0 Å². The fraction of sp³-hybridized carbons (Fsp3) is 0.353. The highest BCUT2D eigenvalue weighted by atomic mass is 16.6.